The van der Waals surface area contributed by atoms with Gasteiger partial charge in [-0.15, -0.1) is 6.58 Å². The molecule has 0 heterocycles. The molecule has 0 radical (unpaired) electrons. The average molecular weight is 264 g/mol. The van der Waals surface area contributed by atoms with Gasteiger partial charge in [0, 0.05) is 6.54 Å². The van der Waals surface area contributed by atoms with E-state index in [-0.39, 0.29) is 5.02 Å². The minimum absolute atomic E-state index is 0.278. The molecule has 1 nitrogen and oxygen atoms in total. The minimum Gasteiger partial charge on any atom is -0.384 e. The quantitative estimate of drug-likeness (QED) is 0.774. The summed E-state index contributed by atoms with van der Waals surface area (Å²) in [5.74, 6) is 0. The zero-order valence-electron chi connectivity index (χ0n) is 9.37. The molecule has 0 saturated carbocycles. The minimum atomic E-state index is -4.35. The summed E-state index contributed by atoms with van der Waals surface area (Å²) in [6.07, 6.45) is -3.66. The average Bonchev–Trinajstić information content (AvgIpc) is 2.18. The largest absolute Gasteiger partial charge is 0.416 e. The topological polar surface area (TPSA) is 12.0 Å². The van der Waals surface area contributed by atoms with Gasteiger partial charge in [-0.1, -0.05) is 17.2 Å². The van der Waals surface area contributed by atoms with E-state index in [9.17, 15) is 13.2 Å². The standard InChI is InChI=1S/C12H13ClF3N/c1-8(2)5-6-17-11-7-9(12(14,15)16)3-4-10(11)13/h3-4,7,17H,1,5-6H2,2H3. The lowest BCUT2D eigenvalue weighted by Crippen LogP contribution is -2.07. The predicted molar refractivity (Wildman–Crippen MR) is 64.4 cm³/mol. The molecule has 0 amide bonds. The van der Waals surface area contributed by atoms with Crippen LogP contribution in [0.1, 0.15) is 18.9 Å². The molecular weight excluding hydrogens is 251 g/mol. The molecular formula is C12H13ClF3N. The first-order valence-electron chi connectivity index (χ1n) is 5.05. The Kier molecular flexibility index (Phi) is 4.46. The Morgan fingerprint density at radius 1 is 1.41 bits per heavy atom. The van der Waals surface area contributed by atoms with Crippen LogP contribution >= 0.6 is 11.6 Å². The van der Waals surface area contributed by atoms with Crippen LogP contribution < -0.4 is 5.32 Å². The van der Waals surface area contributed by atoms with E-state index in [1.807, 2.05) is 6.92 Å². The fourth-order valence-corrected chi connectivity index (χ4v) is 1.43. The van der Waals surface area contributed by atoms with Gasteiger partial charge in [0.05, 0.1) is 16.3 Å². The van der Waals surface area contributed by atoms with Gasteiger partial charge in [-0.3, -0.25) is 0 Å². The molecule has 17 heavy (non-hydrogen) atoms. The fraction of sp³-hybridized carbons (Fsp3) is 0.333. The molecule has 0 aromatic heterocycles. The molecule has 0 unspecified atom stereocenters. The molecule has 0 aliphatic carbocycles. The predicted octanol–water partition coefficient (Wildman–Crippen LogP) is 4.74. The second-order valence-corrected chi connectivity index (χ2v) is 4.23. The van der Waals surface area contributed by atoms with E-state index in [4.69, 9.17) is 11.6 Å². The van der Waals surface area contributed by atoms with E-state index >= 15 is 0 Å². The number of nitrogens with one attached hydrogen (secondary N) is 1. The molecule has 94 valence electrons. The Morgan fingerprint density at radius 2 is 2.06 bits per heavy atom. The Morgan fingerprint density at radius 3 is 2.59 bits per heavy atom. The number of rotatable bonds is 4. The summed E-state index contributed by atoms with van der Waals surface area (Å²) in [5.41, 5.74) is 0.545. The second kappa shape index (κ2) is 5.45. The lowest BCUT2D eigenvalue weighted by molar-refractivity contribution is -0.137. The number of benzene rings is 1. The van der Waals surface area contributed by atoms with Crippen LogP contribution in [0.25, 0.3) is 0 Å². The summed E-state index contributed by atoms with van der Waals surface area (Å²) < 4.78 is 37.4. The van der Waals surface area contributed by atoms with Crippen molar-refractivity contribution in [2.45, 2.75) is 19.5 Å². The second-order valence-electron chi connectivity index (χ2n) is 3.83. The Labute approximate surface area is 103 Å². The molecule has 0 fully saturated rings. The van der Waals surface area contributed by atoms with Crippen molar-refractivity contribution in [3.05, 3.63) is 40.9 Å². The Hall–Kier alpha value is -1.16. The van der Waals surface area contributed by atoms with E-state index in [0.29, 0.717) is 18.7 Å². The van der Waals surface area contributed by atoms with Crippen molar-refractivity contribution in [3.63, 3.8) is 0 Å². The van der Waals surface area contributed by atoms with E-state index in [0.717, 1.165) is 17.7 Å². The summed E-state index contributed by atoms with van der Waals surface area (Å²) in [6.45, 7) is 6.08. The lowest BCUT2D eigenvalue weighted by Gasteiger charge is -2.12. The van der Waals surface area contributed by atoms with Crippen molar-refractivity contribution < 1.29 is 13.2 Å². The molecule has 0 aliphatic heterocycles. The highest BCUT2D eigenvalue weighted by Crippen LogP contribution is 2.33. The van der Waals surface area contributed by atoms with E-state index in [2.05, 4.69) is 11.9 Å². The highest BCUT2D eigenvalue weighted by Gasteiger charge is 2.30. The molecule has 0 bridgehead atoms. The van der Waals surface area contributed by atoms with Gasteiger partial charge in [-0.25, -0.2) is 0 Å². The van der Waals surface area contributed by atoms with E-state index in [1.165, 1.54) is 6.07 Å². The van der Waals surface area contributed by atoms with Gasteiger partial charge in [0.15, 0.2) is 0 Å². The van der Waals surface area contributed by atoms with Crippen LogP contribution in [0.15, 0.2) is 30.4 Å². The zero-order chi connectivity index (χ0) is 13.1. The van der Waals surface area contributed by atoms with Crippen molar-refractivity contribution >= 4 is 17.3 Å². The molecule has 0 spiro atoms. The summed E-state index contributed by atoms with van der Waals surface area (Å²) >= 11 is 5.81. The van der Waals surface area contributed by atoms with Crippen LogP contribution in [0.3, 0.4) is 0 Å². The number of halogens is 4. The van der Waals surface area contributed by atoms with Crippen LogP contribution in [-0.4, -0.2) is 6.54 Å². The maximum Gasteiger partial charge on any atom is 0.416 e. The highest BCUT2D eigenvalue weighted by atomic mass is 35.5. The maximum absolute atomic E-state index is 12.5. The van der Waals surface area contributed by atoms with Crippen LogP contribution in [0.4, 0.5) is 18.9 Å². The van der Waals surface area contributed by atoms with Gasteiger partial charge in [-0.05, 0) is 31.5 Å². The maximum atomic E-state index is 12.5. The molecule has 5 heteroatoms. The molecule has 0 aliphatic rings. The molecule has 1 aromatic carbocycles. The summed E-state index contributed by atoms with van der Waals surface area (Å²) in [4.78, 5) is 0. The molecule has 0 saturated heterocycles. The fourth-order valence-electron chi connectivity index (χ4n) is 1.25. The van der Waals surface area contributed by atoms with Crippen LogP contribution in [-0.2, 0) is 6.18 Å². The highest BCUT2D eigenvalue weighted by molar-refractivity contribution is 6.33. The third-order valence-electron chi connectivity index (χ3n) is 2.16. The van der Waals surface area contributed by atoms with Crippen LogP contribution in [0.2, 0.25) is 5.02 Å². The first-order valence-corrected chi connectivity index (χ1v) is 5.43. The molecule has 1 aromatic rings. The third-order valence-corrected chi connectivity index (χ3v) is 2.49. The van der Waals surface area contributed by atoms with Gasteiger partial charge >= 0.3 is 6.18 Å². The van der Waals surface area contributed by atoms with Crippen molar-refractivity contribution in [1.29, 1.82) is 0 Å². The van der Waals surface area contributed by atoms with Gasteiger partial charge < -0.3 is 5.32 Å². The number of hydrogen-bond donors (Lipinski definition) is 1. The lowest BCUT2D eigenvalue weighted by atomic mass is 10.2. The first-order chi connectivity index (χ1) is 7.80. The smallest absolute Gasteiger partial charge is 0.384 e. The molecule has 1 rings (SSSR count). The van der Waals surface area contributed by atoms with Gasteiger partial charge in [0.2, 0.25) is 0 Å². The first kappa shape index (κ1) is 13.9. The van der Waals surface area contributed by atoms with E-state index in [1.54, 1.807) is 0 Å². The Balaban J connectivity index is 2.80. The molecule has 1 N–H and O–H groups in total. The third kappa shape index (κ3) is 4.30. The van der Waals surface area contributed by atoms with E-state index < -0.39 is 11.7 Å². The van der Waals surface area contributed by atoms with Crippen molar-refractivity contribution in [2.75, 3.05) is 11.9 Å². The van der Waals surface area contributed by atoms with Gasteiger partial charge in [-0.2, -0.15) is 13.2 Å². The number of anilines is 1. The van der Waals surface area contributed by atoms with Crippen molar-refractivity contribution in [2.24, 2.45) is 0 Å². The van der Waals surface area contributed by atoms with Gasteiger partial charge in [0.1, 0.15) is 0 Å². The van der Waals surface area contributed by atoms with Crippen molar-refractivity contribution in [3.8, 4) is 0 Å². The number of hydrogen-bond acceptors (Lipinski definition) is 1. The SMILES string of the molecule is C=C(C)CCNc1cc(C(F)(F)F)ccc1Cl. The Bertz CT molecular complexity index is 413. The molecule has 0 atom stereocenters. The normalized spacial score (nSPS) is 11.4. The van der Waals surface area contributed by atoms with Gasteiger partial charge in [0.25, 0.3) is 0 Å². The summed E-state index contributed by atoms with van der Waals surface area (Å²) in [5, 5.41) is 3.14. The summed E-state index contributed by atoms with van der Waals surface area (Å²) in [6, 6.07) is 3.22. The van der Waals surface area contributed by atoms with Crippen LogP contribution in [0.5, 0.6) is 0 Å². The summed E-state index contributed by atoms with van der Waals surface area (Å²) in [7, 11) is 0. The monoisotopic (exact) mass is 263 g/mol. The number of alkyl halides is 3. The van der Waals surface area contributed by atoms with Crippen molar-refractivity contribution in [1.82, 2.24) is 0 Å². The zero-order valence-corrected chi connectivity index (χ0v) is 10.1. The van der Waals surface area contributed by atoms with Crippen LogP contribution in [0, 0.1) is 0 Å².